The van der Waals surface area contributed by atoms with Crippen LogP contribution in [0.4, 0.5) is 5.69 Å². The summed E-state index contributed by atoms with van der Waals surface area (Å²) in [7, 11) is 3.66. The van der Waals surface area contributed by atoms with Gasteiger partial charge in [-0.25, -0.2) is 4.98 Å². The van der Waals surface area contributed by atoms with Crippen LogP contribution in [0.25, 0.3) is 0 Å². The molecule has 5 nitrogen and oxygen atoms in total. The lowest BCUT2D eigenvalue weighted by Gasteiger charge is -2.19. The van der Waals surface area contributed by atoms with Gasteiger partial charge in [0.15, 0.2) is 0 Å². The highest BCUT2D eigenvalue weighted by Gasteiger charge is 2.09. The summed E-state index contributed by atoms with van der Waals surface area (Å²) < 4.78 is 5.22. The first kappa shape index (κ1) is 19.4. The Morgan fingerprint density at radius 1 is 1.04 bits per heavy atom. The van der Waals surface area contributed by atoms with Gasteiger partial charge in [0.25, 0.3) is 5.91 Å². The number of nitrogens with zero attached hydrogens (tertiary/aromatic N) is 2. The third-order valence-corrected chi connectivity index (χ3v) is 4.52. The maximum absolute atomic E-state index is 12.3. The van der Waals surface area contributed by atoms with Crippen molar-refractivity contribution in [1.29, 1.82) is 0 Å². The van der Waals surface area contributed by atoms with Crippen LogP contribution >= 0.6 is 0 Å². The summed E-state index contributed by atoms with van der Waals surface area (Å²) in [4.78, 5) is 18.7. The van der Waals surface area contributed by atoms with Crippen LogP contribution in [0.5, 0.6) is 5.75 Å². The fourth-order valence-electron chi connectivity index (χ4n) is 2.93. The number of amides is 1. The number of aromatic nitrogens is 1. The molecule has 144 valence electrons. The second kappa shape index (κ2) is 9.55. The van der Waals surface area contributed by atoms with Gasteiger partial charge in [0.1, 0.15) is 11.4 Å². The largest absolute Gasteiger partial charge is 0.497 e. The Morgan fingerprint density at radius 2 is 1.82 bits per heavy atom. The van der Waals surface area contributed by atoms with Gasteiger partial charge < -0.3 is 15.0 Å². The van der Waals surface area contributed by atoms with Crippen molar-refractivity contribution in [1.82, 2.24) is 10.3 Å². The first-order valence-electron chi connectivity index (χ1n) is 9.28. The highest BCUT2D eigenvalue weighted by Crippen LogP contribution is 2.15. The summed E-state index contributed by atoms with van der Waals surface area (Å²) in [6.07, 6.45) is 2.47. The molecular weight excluding hydrogens is 350 g/mol. The predicted octanol–water partition coefficient (Wildman–Crippen LogP) is 3.70. The topological polar surface area (TPSA) is 54.5 Å². The Bertz CT molecular complexity index is 895. The Morgan fingerprint density at radius 3 is 2.54 bits per heavy atom. The molecule has 1 heterocycles. The third kappa shape index (κ3) is 5.33. The molecule has 1 amide bonds. The number of methoxy groups -OCH3 is 1. The van der Waals surface area contributed by atoms with Crippen LogP contribution in [0.15, 0.2) is 72.9 Å². The molecule has 3 aromatic rings. The van der Waals surface area contributed by atoms with Crippen molar-refractivity contribution in [3.63, 3.8) is 0 Å². The van der Waals surface area contributed by atoms with Gasteiger partial charge in [0, 0.05) is 20.1 Å². The summed E-state index contributed by atoms with van der Waals surface area (Å²) in [5, 5.41) is 2.92. The van der Waals surface area contributed by atoms with Crippen LogP contribution in [0.3, 0.4) is 0 Å². The molecule has 0 unspecified atom stereocenters. The van der Waals surface area contributed by atoms with Gasteiger partial charge >= 0.3 is 0 Å². The van der Waals surface area contributed by atoms with Gasteiger partial charge in [-0.3, -0.25) is 4.79 Å². The minimum absolute atomic E-state index is 0.167. The van der Waals surface area contributed by atoms with Crippen molar-refractivity contribution in [3.05, 3.63) is 89.7 Å². The van der Waals surface area contributed by atoms with E-state index in [0.29, 0.717) is 12.2 Å². The van der Waals surface area contributed by atoms with E-state index in [9.17, 15) is 4.79 Å². The van der Waals surface area contributed by atoms with Crippen molar-refractivity contribution >= 4 is 11.6 Å². The molecule has 28 heavy (non-hydrogen) atoms. The highest BCUT2D eigenvalue weighted by molar-refractivity contribution is 5.92. The minimum atomic E-state index is -0.167. The first-order chi connectivity index (χ1) is 13.7. The van der Waals surface area contributed by atoms with Crippen molar-refractivity contribution in [3.8, 4) is 5.75 Å². The SMILES string of the molecule is COc1cccc(CCNC(=O)c2ccc(N(C)Cc3ccccc3)cn2)c1. The van der Waals surface area contributed by atoms with E-state index in [2.05, 4.69) is 27.3 Å². The number of carbonyl (C=O) groups excluding carboxylic acids is 1. The third-order valence-electron chi connectivity index (χ3n) is 4.52. The van der Waals surface area contributed by atoms with Crippen molar-refractivity contribution in [2.75, 3.05) is 25.6 Å². The number of pyridine rings is 1. The molecule has 0 atom stereocenters. The lowest BCUT2D eigenvalue weighted by Crippen LogP contribution is -2.26. The fraction of sp³-hybridized carbons (Fsp3) is 0.217. The Labute approximate surface area is 166 Å². The van der Waals surface area contributed by atoms with Gasteiger partial charge in [-0.15, -0.1) is 0 Å². The fourth-order valence-corrected chi connectivity index (χ4v) is 2.93. The summed E-state index contributed by atoms with van der Waals surface area (Å²) in [5.74, 6) is 0.654. The van der Waals surface area contributed by atoms with Crippen LogP contribution < -0.4 is 15.0 Å². The van der Waals surface area contributed by atoms with Gasteiger partial charge in [-0.1, -0.05) is 42.5 Å². The van der Waals surface area contributed by atoms with Gasteiger partial charge in [-0.05, 0) is 41.8 Å². The molecule has 0 bridgehead atoms. The Balaban J connectivity index is 1.51. The summed E-state index contributed by atoms with van der Waals surface area (Å²) in [5.41, 5.74) is 3.73. The van der Waals surface area contributed by atoms with Gasteiger partial charge in [0.2, 0.25) is 0 Å². The van der Waals surface area contributed by atoms with Crippen LogP contribution in [-0.2, 0) is 13.0 Å². The van der Waals surface area contributed by atoms with E-state index in [0.717, 1.165) is 30.0 Å². The van der Waals surface area contributed by atoms with E-state index in [1.54, 1.807) is 19.4 Å². The van der Waals surface area contributed by atoms with Crippen molar-refractivity contribution < 1.29 is 9.53 Å². The number of benzene rings is 2. The number of ether oxygens (including phenoxy) is 1. The molecule has 3 rings (SSSR count). The monoisotopic (exact) mass is 375 g/mol. The molecule has 0 radical (unpaired) electrons. The van der Waals surface area contributed by atoms with Crippen LogP contribution in [0.2, 0.25) is 0 Å². The molecule has 0 spiro atoms. The van der Waals surface area contributed by atoms with Crippen LogP contribution in [0, 0.1) is 0 Å². The molecule has 1 N–H and O–H groups in total. The number of rotatable bonds is 8. The quantitative estimate of drug-likeness (QED) is 0.652. The predicted molar refractivity (Wildman–Crippen MR) is 112 cm³/mol. The van der Waals surface area contributed by atoms with E-state index < -0.39 is 0 Å². The molecule has 0 aliphatic carbocycles. The lowest BCUT2D eigenvalue weighted by molar-refractivity contribution is 0.0949. The maximum atomic E-state index is 12.3. The second-order valence-corrected chi connectivity index (χ2v) is 6.60. The zero-order valence-corrected chi connectivity index (χ0v) is 16.3. The van der Waals surface area contributed by atoms with E-state index in [4.69, 9.17) is 4.74 Å². The van der Waals surface area contributed by atoms with E-state index >= 15 is 0 Å². The minimum Gasteiger partial charge on any atom is -0.497 e. The second-order valence-electron chi connectivity index (χ2n) is 6.60. The molecule has 2 aromatic carbocycles. The molecule has 0 saturated carbocycles. The number of hydrogen-bond donors (Lipinski definition) is 1. The molecular formula is C23H25N3O2. The smallest absolute Gasteiger partial charge is 0.269 e. The average Bonchev–Trinajstić information content (AvgIpc) is 2.74. The van der Waals surface area contributed by atoms with Crippen molar-refractivity contribution in [2.45, 2.75) is 13.0 Å². The summed E-state index contributed by atoms with van der Waals surface area (Å²) >= 11 is 0. The summed E-state index contributed by atoms with van der Waals surface area (Å²) in [6.45, 7) is 1.33. The van der Waals surface area contributed by atoms with E-state index in [-0.39, 0.29) is 5.91 Å². The normalized spacial score (nSPS) is 10.4. The van der Waals surface area contributed by atoms with E-state index in [1.807, 2.05) is 55.6 Å². The Kier molecular flexibility index (Phi) is 6.63. The van der Waals surface area contributed by atoms with Crippen molar-refractivity contribution in [2.24, 2.45) is 0 Å². The summed E-state index contributed by atoms with van der Waals surface area (Å²) in [6, 6.07) is 21.8. The number of anilines is 1. The van der Waals surface area contributed by atoms with Gasteiger partial charge in [0.05, 0.1) is 19.0 Å². The zero-order valence-electron chi connectivity index (χ0n) is 16.3. The standard InChI is InChI=1S/C23H25N3O2/c1-26(17-19-7-4-3-5-8-19)20-11-12-22(25-16-20)23(27)24-14-13-18-9-6-10-21(15-18)28-2/h3-12,15-16H,13-14,17H2,1-2H3,(H,24,27). The zero-order chi connectivity index (χ0) is 19.8. The molecule has 0 aliphatic rings. The van der Waals surface area contributed by atoms with E-state index in [1.165, 1.54) is 5.56 Å². The molecule has 0 saturated heterocycles. The number of hydrogen-bond acceptors (Lipinski definition) is 4. The average molecular weight is 375 g/mol. The number of carbonyl (C=O) groups is 1. The maximum Gasteiger partial charge on any atom is 0.269 e. The van der Waals surface area contributed by atoms with Gasteiger partial charge in [-0.2, -0.15) is 0 Å². The highest BCUT2D eigenvalue weighted by atomic mass is 16.5. The molecule has 0 aliphatic heterocycles. The lowest BCUT2D eigenvalue weighted by atomic mass is 10.1. The number of nitrogens with one attached hydrogen (secondary N) is 1. The molecule has 5 heteroatoms. The van der Waals surface area contributed by atoms with Crippen LogP contribution in [-0.4, -0.2) is 31.6 Å². The molecule has 1 aromatic heterocycles. The Hall–Kier alpha value is -3.34. The van der Waals surface area contributed by atoms with Crippen LogP contribution in [0.1, 0.15) is 21.6 Å². The molecule has 0 fully saturated rings. The first-order valence-corrected chi connectivity index (χ1v) is 9.28.